The second-order valence-electron chi connectivity index (χ2n) is 7.00. The first kappa shape index (κ1) is 29.5. The molecule has 2 atom stereocenters. The van der Waals surface area contributed by atoms with Crippen molar-refractivity contribution in [3.63, 3.8) is 0 Å². The van der Waals surface area contributed by atoms with Crippen LogP contribution in [0.1, 0.15) is 36.6 Å². The van der Waals surface area contributed by atoms with E-state index in [0.717, 1.165) is 43.0 Å². The number of alkyl halides is 3. The van der Waals surface area contributed by atoms with Gasteiger partial charge < -0.3 is 20.5 Å². The summed E-state index contributed by atoms with van der Waals surface area (Å²) < 4.78 is 44.1. The molecule has 0 radical (unpaired) electrons. The molecule has 31 heavy (non-hydrogen) atoms. The van der Waals surface area contributed by atoms with E-state index in [9.17, 15) is 18.3 Å². The summed E-state index contributed by atoms with van der Waals surface area (Å²) in [5, 5.41) is 16.6. The predicted molar refractivity (Wildman–Crippen MR) is 123 cm³/mol. The van der Waals surface area contributed by atoms with E-state index in [4.69, 9.17) is 4.74 Å². The molecule has 4 nitrogen and oxygen atoms in total. The first-order valence-electron chi connectivity index (χ1n) is 9.80. The van der Waals surface area contributed by atoms with E-state index in [1.807, 2.05) is 38.1 Å². The first-order chi connectivity index (χ1) is 13.8. The maximum Gasteiger partial charge on any atom is 0.416 e. The lowest BCUT2D eigenvalue weighted by Crippen LogP contribution is -2.32. The number of nitrogens with one attached hydrogen (secondary N) is 2. The van der Waals surface area contributed by atoms with Crippen LogP contribution in [0.3, 0.4) is 0 Å². The highest BCUT2D eigenvalue weighted by atomic mass is 35.5. The number of hydrogen-bond donors (Lipinski definition) is 3. The fourth-order valence-corrected chi connectivity index (χ4v) is 2.92. The van der Waals surface area contributed by atoms with Crippen LogP contribution in [0.25, 0.3) is 0 Å². The summed E-state index contributed by atoms with van der Waals surface area (Å²) in [6.45, 7) is 6.51. The molecule has 0 aliphatic heterocycles. The third-order valence-corrected chi connectivity index (χ3v) is 4.52. The van der Waals surface area contributed by atoms with Gasteiger partial charge in [-0.25, -0.2) is 0 Å². The maximum absolute atomic E-state index is 12.8. The molecule has 9 heteroatoms. The van der Waals surface area contributed by atoms with E-state index < -0.39 is 17.8 Å². The monoisotopic (exact) mass is 482 g/mol. The molecule has 0 saturated carbocycles. The third kappa shape index (κ3) is 10.6. The molecule has 0 heterocycles. The molecule has 2 rings (SSSR count). The Labute approximate surface area is 194 Å². The molecule has 2 unspecified atom stereocenters. The molecule has 2 aromatic carbocycles. The molecule has 0 spiro atoms. The summed E-state index contributed by atoms with van der Waals surface area (Å²) in [5.41, 5.74) is 0.603. The van der Waals surface area contributed by atoms with Gasteiger partial charge >= 0.3 is 6.18 Å². The van der Waals surface area contributed by atoms with Gasteiger partial charge in [-0.05, 0) is 55.3 Å². The van der Waals surface area contributed by atoms with Crippen LogP contribution in [0.5, 0.6) is 5.75 Å². The molecule has 176 valence electrons. The van der Waals surface area contributed by atoms with Crippen LogP contribution in [0.4, 0.5) is 13.2 Å². The van der Waals surface area contributed by atoms with Crippen molar-refractivity contribution in [3.05, 3.63) is 65.2 Å². The van der Waals surface area contributed by atoms with E-state index in [0.29, 0.717) is 6.61 Å². The van der Waals surface area contributed by atoms with Crippen molar-refractivity contribution in [2.45, 2.75) is 38.6 Å². The summed E-state index contributed by atoms with van der Waals surface area (Å²) in [6.07, 6.45) is -4.70. The minimum atomic E-state index is -4.42. The number of ether oxygens (including phenoxy) is 1. The number of halogens is 5. The van der Waals surface area contributed by atoms with Crippen molar-refractivity contribution in [2.24, 2.45) is 0 Å². The number of likely N-dealkylation sites (N-methyl/N-ethyl adjacent to an activating group) is 1. The zero-order valence-corrected chi connectivity index (χ0v) is 19.2. The number of hydrogen-bond acceptors (Lipinski definition) is 4. The molecule has 0 aliphatic carbocycles. The summed E-state index contributed by atoms with van der Waals surface area (Å²) >= 11 is 0. The zero-order valence-electron chi connectivity index (χ0n) is 17.6. The fraction of sp³-hybridized carbons (Fsp3) is 0.455. The van der Waals surface area contributed by atoms with Gasteiger partial charge in [0.05, 0.1) is 11.7 Å². The number of rotatable bonds is 11. The van der Waals surface area contributed by atoms with Crippen molar-refractivity contribution in [3.8, 4) is 5.75 Å². The van der Waals surface area contributed by atoms with Gasteiger partial charge in [-0.1, -0.05) is 31.2 Å². The van der Waals surface area contributed by atoms with Gasteiger partial charge in [0, 0.05) is 19.1 Å². The summed E-state index contributed by atoms with van der Waals surface area (Å²) in [7, 11) is 0. The zero-order chi connectivity index (χ0) is 21.3. The molecule has 2 aromatic rings. The highest BCUT2D eigenvalue weighted by Crippen LogP contribution is 2.30. The molecule has 0 aliphatic rings. The molecular formula is C22H31Cl2F3N2O2. The standard InChI is InChI=1S/C22H29F3N2O2.2ClH/c1-3-26-11-12-29-20-9-7-17(8-10-20)13-16(2)27-15-21(28)18-5-4-6-19(14-18)22(23,24)25;;/h4-10,14,16,21,26-28H,3,11-13,15H2,1-2H3;2*1H. The van der Waals surface area contributed by atoms with Crippen LogP contribution in [-0.4, -0.2) is 37.4 Å². The summed E-state index contributed by atoms with van der Waals surface area (Å²) in [5.74, 6) is 0.812. The fourth-order valence-electron chi connectivity index (χ4n) is 2.92. The Morgan fingerprint density at radius 2 is 1.74 bits per heavy atom. The normalized spacial score (nSPS) is 13.0. The number of benzene rings is 2. The van der Waals surface area contributed by atoms with E-state index in [-0.39, 0.29) is 43.0 Å². The molecule has 0 fully saturated rings. The van der Waals surface area contributed by atoms with Gasteiger partial charge in [0.15, 0.2) is 0 Å². The minimum Gasteiger partial charge on any atom is -0.492 e. The van der Waals surface area contributed by atoms with Crippen molar-refractivity contribution in [1.29, 1.82) is 0 Å². The Morgan fingerprint density at radius 3 is 2.35 bits per heavy atom. The average molecular weight is 483 g/mol. The van der Waals surface area contributed by atoms with Gasteiger partial charge in [0.1, 0.15) is 12.4 Å². The van der Waals surface area contributed by atoms with E-state index in [1.165, 1.54) is 12.1 Å². The molecule has 0 aromatic heterocycles. The van der Waals surface area contributed by atoms with Crippen molar-refractivity contribution in [1.82, 2.24) is 10.6 Å². The van der Waals surface area contributed by atoms with E-state index in [2.05, 4.69) is 10.6 Å². The van der Waals surface area contributed by atoms with Gasteiger partial charge in [-0.2, -0.15) is 13.2 Å². The molecule has 0 amide bonds. The van der Waals surface area contributed by atoms with Gasteiger partial charge in [-0.15, -0.1) is 24.8 Å². The van der Waals surface area contributed by atoms with Crippen molar-refractivity contribution < 1.29 is 23.0 Å². The third-order valence-electron chi connectivity index (χ3n) is 4.52. The van der Waals surface area contributed by atoms with Crippen LogP contribution in [0.15, 0.2) is 48.5 Å². The quantitative estimate of drug-likeness (QED) is 0.403. The number of aliphatic hydroxyl groups is 1. The van der Waals surface area contributed by atoms with Crippen LogP contribution < -0.4 is 15.4 Å². The Kier molecular flexibility index (Phi) is 13.8. The van der Waals surface area contributed by atoms with Crippen molar-refractivity contribution >= 4 is 24.8 Å². The van der Waals surface area contributed by atoms with Crippen molar-refractivity contribution in [2.75, 3.05) is 26.2 Å². The van der Waals surface area contributed by atoms with E-state index in [1.54, 1.807) is 0 Å². The highest BCUT2D eigenvalue weighted by Gasteiger charge is 2.30. The Balaban J connectivity index is 0.00000450. The highest BCUT2D eigenvalue weighted by molar-refractivity contribution is 5.85. The molecule has 3 N–H and O–H groups in total. The molecule has 0 saturated heterocycles. The number of aliphatic hydroxyl groups excluding tert-OH is 1. The second-order valence-corrected chi connectivity index (χ2v) is 7.00. The van der Waals surface area contributed by atoms with Crippen LogP contribution in [0.2, 0.25) is 0 Å². The topological polar surface area (TPSA) is 53.5 Å². The smallest absolute Gasteiger partial charge is 0.416 e. The lowest BCUT2D eigenvalue weighted by molar-refractivity contribution is -0.137. The maximum atomic E-state index is 12.8. The lowest BCUT2D eigenvalue weighted by Gasteiger charge is -2.18. The lowest BCUT2D eigenvalue weighted by atomic mass is 10.0. The van der Waals surface area contributed by atoms with Gasteiger partial charge in [-0.3, -0.25) is 0 Å². The van der Waals surface area contributed by atoms with Crippen LogP contribution in [0, 0.1) is 0 Å². The molecular weight excluding hydrogens is 452 g/mol. The minimum absolute atomic E-state index is 0. The first-order valence-corrected chi connectivity index (χ1v) is 9.80. The summed E-state index contributed by atoms with van der Waals surface area (Å²) in [6, 6.07) is 12.7. The summed E-state index contributed by atoms with van der Waals surface area (Å²) in [4.78, 5) is 0. The SMILES string of the molecule is CCNCCOc1ccc(CC(C)NCC(O)c2cccc(C(F)(F)F)c2)cc1.Cl.Cl. The largest absolute Gasteiger partial charge is 0.492 e. The van der Waals surface area contributed by atoms with E-state index >= 15 is 0 Å². The second kappa shape index (κ2) is 14.5. The van der Waals surface area contributed by atoms with Gasteiger partial charge in [0.25, 0.3) is 0 Å². The Hall–Kier alpha value is -1.51. The Morgan fingerprint density at radius 1 is 1.06 bits per heavy atom. The van der Waals surface area contributed by atoms with Gasteiger partial charge in [0.2, 0.25) is 0 Å². The predicted octanol–water partition coefficient (Wildman–Crippen LogP) is 4.79. The van der Waals surface area contributed by atoms with Crippen LogP contribution >= 0.6 is 24.8 Å². The Bertz CT molecular complexity index is 746. The van der Waals surface area contributed by atoms with Crippen LogP contribution in [-0.2, 0) is 12.6 Å². The average Bonchev–Trinajstić information content (AvgIpc) is 2.70. The molecule has 0 bridgehead atoms.